The summed E-state index contributed by atoms with van der Waals surface area (Å²) in [6.07, 6.45) is -4.54. The number of carbonyl (C=O) groups is 1. The first-order valence-electron chi connectivity index (χ1n) is 10.1. The monoisotopic (exact) mass is 464 g/mol. The number of aryl methyl sites for hydroxylation is 1. The van der Waals surface area contributed by atoms with Gasteiger partial charge in [0.05, 0.1) is 5.56 Å². The summed E-state index contributed by atoms with van der Waals surface area (Å²) in [4.78, 5) is 11.3. The number of aromatic nitrogens is 2. The van der Waals surface area contributed by atoms with Gasteiger partial charge in [-0.15, -0.1) is 10.2 Å². The van der Waals surface area contributed by atoms with E-state index in [1.807, 2.05) is 6.92 Å². The second kappa shape index (κ2) is 9.13. The molecule has 1 aromatic heterocycles. The first-order valence-corrected chi connectivity index (χ1v) is 10.1. The van der Waals surface area contributed by atoms with Gasteiger partial charge in [-0.3, -0.25) is 0 Å². The van der Waals surface area contributed by atoms with Crippen molar-refractivity contribution in [3.05, 3.63) is 59.5 Å². The minimum absolute atomic E-state index is 0.0802. The normalized spacial score (nSPS) is 12.9. The molecule has 1 atom stereocenters. The van der Waals surface area contributed by atoms with Crippen LogP contribution in [0.3, 0.4) is 0 Å². The van der Waals surface area contributed by atoms with Gasteiger partial charge >= 0.3 is 12.1 Å². The SMILES string of the molecule is CCC(Oc1ccc(OC(C)(C)C(=O)O)c(C)c1)c1nnc(-c2ccc(C(F)(F)F)cc2)o1. The molecule has 0 radical (unpaired) electrons. The Bertz CT molecular complexity index is 1120. The van der Waals surface area contributed by atoms with E-state index in [1.165, 1.54) is 26.0 Å². The number of nitrogens with zero attached hydrogens (tertiary/aromatic N) is 2. The van der Waals surface area contributed by atoms with Gasteiger partial charge in [0.2, 0.25) is 5.89 Å². The predicted octanol–water partition coefficient (Wildman–Crippen LogP) is 5.84. The zero-order valence-electron chi connectivity index (χ0n) is 18.4. The van der Waals surface area contributed by atoms with Crippen molar-refractivity contribution in [1.82, 2.24) is 10.2 Å². The maximum atomic E-state index is 12.8. The standard InChI is InChI=1S/C23H23F3N2O5/c1-5-17(31-16-10-11-18(13(2)12-16)33-22(3,4)21(29)30)20-28-27-19(32-20)14-6-8-15(9-7-14)23(24,25)26/h6-12,17H,5H2,1-4H3,(H,29,30). The van der Waals surface area contributed by atoms with Gasteiger partial charge in [-0.05, 0) is 75.2 Å². The van der Waals surface area contributed by atoms with Crippen molar-refractivity contribution < 1.29 is 37.0 Å². The first kappa shape index (κ1) is 24.1. The summed E-state index contributed by atoms with van der Waals surface area (Å²) in [5.41, 5.74) is -1.13. The van der Waals surface area contributed by atoms with Crippen LogP contribution in [-0.4, -0.2) is 26.9 Å². The lowest BCUT2D eigenvalue weighted by Gasteiger charge is -2.23. The van der Waals surface area contributed by atoms with Gasteiger partial charge in [0.25, 0.3) is 5.89 Å². The van der Waals surface area contributed by atoms with Crippen LogP contribution in [0.5, 0.6) is 11.5 Å². The number of carboxylic acid groups (broad SMARTS) is 1. The van der Waals surface area contributed by atoms with Gasteiger partial charge in [0.1, 0.15) is 11.5 Å². The first-order chi connectivity index (χ1) is 15.4. The van der Waals surface area contributed by atoms with Crippen LogP contribution in [0.4, 0.5) is 13.2 Å². The van der Waals surface area contributed by atoms with E-state index < -0.39 is 29.4 Å². The highest BCUT2D eigenvalue weighted by molar-refractivity contribution is 5.76. The van der Waals surface area contributed by atoms with Crippen molar-refractivity contribution in [3.63, 3.8) is 0 Å². The van der Waals surface area contributed by atoms with E-state index in [4.69, 9.17) is 13.9 Å². The predicted molar refractivity (Wildman–Crippen MR) is 112 cm³/mol. The molecule has 10 heteroatoms. The zero-order valence-corrected chi connectivity index (χ0v) is 18.4. The van der Waals surface area contributed by atoms with E-state index in [9.17, 15) is 23.1 Å². The van der Waals surface area contributed by atoms with Gasteiger partial charge in [-0.2, -0.15) is 13.2 Å². The number of hydrogen-bond donors (Lipinski definition) is 1. The van der Waals surface area contributed by atoms with Crippen LogP contribution in [0.1, 0.15) is 50.3 Å². The highest BCUT2D eigenvalue weighted by Gasteiger charge is 2.31. The number of rotatable bonds is 8. The molecule has 0 aliphatic heterocycles. The summed E-state index contributed by atoms with van der Waals surface area (Å²) in [7, 11) is 0. The Labute approximate surface area is 188 Å². The Hall–Kier alpha value is -3.56. The Balaban J connectivity index is 1.75. The highest BCUT2D eigenvalue weighted by atomic mass is 19.4. The summed E-state index contributed by atoms with van der Waals surface area (Å²) in [6.45, 7) is 6.52. The van der Waals surface area contributed by atoms with Crippen molar-refractivity contribution in [2.75, 3.05) is 0 Å². The minimum Gasteiger partial charge on any atom is -0.481 e. The molecule has 0 aliphatic rings. The highest BCUT2D eigenvalue weighted by Crippen LogP contribution is 2.33. The maximum absolute atomic E-state index is 12.8. The van der Waals surface area contributed by atoms with E-state index in [2.05, 4.69) is 10.2 Å². The number of alkyl halides is 3. The lowest BCUT2D eigenvalue weighted by molar-refractivity contribution is -0.152. The van der Waals surface area contributed by atoms with Gasteiger partial charge in [0.15, 0.2) is 11.7 Å². The Morgan fingerprint density at radius 2 is 1.79 bits per heavy atom. The number of ether oxygens (including phenoxy) is 2. The molecule has 3 aromatic rings. The van der Waals surface area contributed by atoms with Crippen LogP contribution in [0.2, 0.25) is 0 Å². The van der Waals surface area contributed by atoms with Gasteiger partial charge < -0.3 is 19.0 Å². The van der Waals surface area contributed by atoms with Crippen molar-refractivity contribution in [3.8, 4) is 23.0 Å². The van der Waals surface area contributed by atoms with Crippen molar-refractivity contribution in [1.29, 1.82) is 0 Å². The molecule has 7 nitrogen and oxygen atoms in total. The quantitative estimate of drug-likeness (QED) is 0.448. The lowest BCUT2D eigenvalue weighted by atomic mass is 10.1. The molecule has 0 bridgehead atoms. The third kappa shape index (κ3) is 5.63. The summed E-state index contributed by atoms with van der Waals surface area (Å²) in [5.74, 6) is 0.0572. The molecule has 176 valence electrons. The van der Waals surface area contributed by atoms with E-state index in [1.54, 1.807) is 25.1 Å². The third-order valence-electron chi connectivity index (χ3n) is 4.85. The molecule has 1 N–H and O–H groups in total. The van der Waals surface area contributed by atoms with Crippen LogP contribution in [-0.2, 0) is 11.0 Å². The molecule has 0 saturated carbocycles. The van der Waals surface area contributed by atoms with E-state index in [0.717, 1.165) is 12.1 Å². The van der Waals surface area contributed by atoms with Crippen molar-refractivity contribution in [2.24, 2.45) is 0 Å². The number of hydrogen-bond acceptors (Lipinski definition) is 6. The van der Waals surface area contributed by atoms with Crippen molar-refractivity contribution >= 4 is 5.97 Å². The van der Waals surface area contributed by atoms with Crippen molar-refractivity contribution in [2.45, 2.75) is 52.0 Å². The second-order valence-electron chi connectivity index (χ2n) is 7.88. The molecule has 0 aliphatic carbocycles. The molecule has 3 rings (SSSR count). The molecule has 33 heavy (non-hydrogen) atoms. The molecule has 0 amide bonds. The molecule has 1 unspecified atom stereocenters. The number of carboxylic acids is 1. The number of benzene rings is 2. The third-order valence-corrected chi connectivity index (χ3v) is 4.85. The van der Waals surface area contributed by atoms with E-state index in [-0.39, 0.29) is 11.8 Å². The minimum atomic E-state index is -4.43. The zero-order chi connectivity index (χ0) is 24.4. The molecule has 0 spiro atoms. The fourth-order valence-corrected chi connectivity index (χ4v) is 2.88. The van der Waals surface area contributed by atoms with E-state index >= 15 is 0 Å². The van der Waals surface area contributed by atoms with Crippen LogP contribution >= 0.6 is 0 Å². The second-order valence-corrected chi connectivity index (χ2v) is 7.88. The average Bonchev–Trinajstić information content (AvgIpc) is 3.23. The van der Waals surface area contributed by atoms with Gasteiger partial charge in [-0.25, -0.2) is 4.79 Å². The maximum Gasteiger partial charge on any atom is 0.416 e. The van der Waals surface area contributed by atoms with Crippen LogP contribution in [0.15, 0.2) is 46.9 Å². The van der Waals surface area contributed by atoms with Crippen LogP contribution < -0.4 is 9.47 Å². The molecular weight excluding hydrogens is 441 g/mol. The lowest BCUT2D eigenvalue weighted by Crippen LogP contribution is -2.38. The molecule has 0 saturated heterocycles. The summed E-state index contributed by atoms with van der Waals surface area (Å²) < 4.78 is 55.4. The number of halogens is 3. The molecule has 2 aromatic carbocycles. The molecule has 1 heterocycles. The Kier molecular flexibility index (Phi) is 6.66. The summed E-state index contributed by atoms with van der Waals surface area (Å²) in [5, 5.41) is 17.1. The Morgan fingerprint density at radius 1 is 1.12 bits per heavy atom. The smallest absolute Gasteiger partial charge is 0.416 e. The Morgan fingerprint density at radius 3 is 2.33 bits per heavy atom. The topological polar surface area (TPSA) is 94.7 Å². The van der Waals surface area contributed by atoms with Crippen LogP contribution in [0, 0.1) is 6.92 Å². The summed E-state index contributed by atoms with van der Waals surface area (Å²) in [6, 6.07) is 9.38. The number of aliphatic carboxylic acids is 1. The largest absolute Gasteiger partial charge is 0.481 e. The van der Waals surface area contributed by atoms with Gasteiger partial charge in [-0.1, -0.05) is 6.92 Å². The average molecular weight is 464 g/mol. The summed E-state index contributed by atoms with van der Waals surface area (Å²) >= 11 is 0. The van der Waals surface area contributed by atoms with Crippen LogP contribution in [0.25, 0.3) is 11.5 Å². The van der Waals surface area contributed by atoms with Gasteiger partial charge in [0, 0.05) is 5.56 Å². The van der Waals surface area contributed by atoms with E-state index in [0.29, 0.717) is 29.0 Å². The fraction of sp³-hybridized carbons (Fsp3) is 0.348. The fourth-order valence-electron chi connectivity index (χ4n) is 2.88. The molecular formula is C23H23F3N2O5. The molecule has 0 fully saturated rings.